The van der Waals surface area contributed by atoms with Crippen molar-refractivity contribution in [2.45, 2.75) is 19.9 Å². The first-order chi connectivity index (χ1) is 13.7. The summed E-state index contributed by atoms with van der Waals surface area (Å²) in [6.45, 7) is 3.34. The maximum Gasteiger partial charge on any atom is 0.231 e. The highest BCUT2D eigenvalue weighted by molar-refractivity contribution is 6.01. The molecule has 1 fully saturated rings. The van der Waals surface area contributed by atoms with E-state index < -0.39 is 5.92 Å². The van der Waals surface area contributed by atoms with Crippen LogP contribution in [0, 0.1) is 5.92 Å². The lowest BCUT2D eigenvalue weighted by molar-refractivity contribution is -0.126. The largest absolute Gasteiger partial charge is 0.492 e. The first kappa shape index (κ1) is 18.2. The molecular weight excluding hydrogens is 360 g/mol. The maximum atomic E-state index is 12.6. The maximum absolute atomic E-state index is 12.6. The van der Waals surface area contributed by atoms with Gasteiger partial charge in [0.25, 0.3) is 0 Å². The number of benzene rings is 2. The van der Waals surface area contributed by atoms with Gasteiger partial charge in [-0.15, -0.1) is 0 Å². The standard InChI is InChI=1S/C21H22N2O5/c1-2-26-17-6-4-3-5-16(17)23-12-15(10-20(23)24)21(25)22-11-14-7-8-18-19(9-14)28-13-27-18/h3-9,15H,2,10-13H2,1H3,(H,22,25). The van der Waals surface area contributed by atoms with Crippen LogP contribution in [0.5, 0.6) is 17.2 Å². The highest BCUT2D eigenvalue weighted by Crippen LogP contribution is 2.34. The molecule has 0 radical (unpaired) electrons. The summed E-state index contributed by atoms with van der Waals surface area (Å²) in [5, 5.41) is 2.92. The summed E-state index contributed by atoms with van der Waals surface area (Å²) < 4.78 is 16.3. The predicted molar refractivity (Wildman–Crippen MR) is 102 cm³/mol. The normalized spacial score (nSPS) is 17.7. The van der Waals surface area contributed by atoms with Gasteiger partial charge in [0.15, 0.2) is 11.5 Å². The highest BCUT2D eigenvalue weighted by Gasteiger charge is 2.36. The van der Waals surface area contributed by atoms with E-state index in [1.807, 2.05) is 49.4 Å². The Kier molecular flexibility index (Phi) is 5.06. The van der Waals surface area contributed by atoms with Crippen LogP contribution in [0.4, 0.5) is 5.69 Å². The number of rotatable bonds is 6. The van der Waals surface area contributed by atoms with Gasteiger partial charge in [-0.1, -0.05) is 18.2 Å². The molecule has 7 heteroatoms. The van der Waals surface area contributed by atoms with Crippen LogP contribution in [0.15, 0.2) is 42.5 Å². The van der Waals surface area contributed by atoms with E-state index in [1.165, 1.54) is 0 Å². The van der Waals surface area contributed by atoms with Gasteiger partial charge < -0.3 is 24.4 Å². The van der Waals surface area contributed by atoms with E-state index >= 15 is 0 Å². The number of amides is 2. The van der Waals surface area contributed by atoms with Crippen LogP contribution in [0.25, 0.3) is 0 Å². The van der Waals surface area contributed by atoms with Crippen LogP contribution in [0.3, 0.4) is 0 Å². The molecule has 0 aromatic heterocycles. The molecule has 1 unspecified atom stereocenters. The van der Waals surface area contributed by atoms with E-state index in [1.54, 1.807) is 4.90 Å². The first-order valence-corrected chi connectivity index (χ1v) is 9.34. The summed E-state index contributed by atoms with van der Waals surface area (Å²) in [4.78, 5) is 26.8. The second-order valence-corrected chi connectivity index (χ2v) is 6.71. The summed E-state index contributed by atoms with van der Waals surface area (Å²) in [5.74, 6) is 1.44. The lowest BCUT2D eigenvalue weighted by Gasteiger charge is -2.20. The van der Waals surface area contributed by atoms with E-state index in [2.05, 4.69) is 5.32 Å². The molecule has 7 nitrogen and oxygen atoms in total. The molecule has 146 valence electrons. The molecular formula is C21H22N2O5. The average molecular weight is 382 g/mol. The Morgan fingerprint density at radius 1 is 1.21 bits per heavy atom. The Hall–Kier alpha value is -3.22. The summed E-state index contributed by atoms with van der Waals surface area (Å²) in [6, 6.07) is 13.0. The fourth-order valence-electron chi connectivity index (χ4n) is 3.46. The number of hydrogen-bond donors (Lipinski definition) is 1. The summed E-state index contributed by atoms with van der Waals surface area (Å²) in [6.07, 6.45) is 0.188. The molecule has 1 saturated heterocycles. The van der Waals surface area contributed by atoms with Gasteiger partial charge in [0, 0.05) is 19.5 Å². The van der Waals surface area contributed by atoms with Crippen molar-refractivity contribution in [2.75, 3.05) is 24.8 Å². The number of carbonyl (C=O) groups is 2. The van der Waals surface area contributed by atoms with Crippen LogP contribution < -0.4 is 24.4 Å². The molecule has 2 aliphatic rings. The Bertz CT molecular complexity index is 898. The van der Waals surface area contributed by atoms with E-state index in [9.17, 15) is 9.59 Å². The van der Waals surface area contributed by atoms with Gasteiger partial charge >= 0.3 is 0 Å². The third kappa shape index (κ3) is 3.60. The van der Waals surface area contributed by atoms with Gasteiger partial charge in [0.2, 0.25) is 18.6 Å². The van der Waals surface area contributed by atoms with Crippen molar-refractivity contribution < 1.29 is 23.8 Å². The number of anilines is 1. The van der Waals surface area contributed by atoms with Crippen LogP contribution in [0.2, 0.25) is 0 Å². The smallest absolute Gasteiger partial charge is 0.231 e. The van der Waals surface area contributed by atoms with Crippen molar-refractivity contribution >= 4 is 17.5 Å². The van der Waals surface area contributed by atoms with Gasteiger partial charge in [-0.2, -0.15) is 0 Å². The fourth-order valence-corrected chi connectivity index (χ4v) is 3.46. The summed E-state index contributed by atoms with van der Waals surface area (Å²) in [7, 11) is 0. The monoisotopic (exact) mass is 382 g/mol. The Morgan fingerprint density at radius 3 is 2.89 bits per heavy atom. The van der Waals surface area contributed by atoms with E-state index in [-0.39, 0.29) is 25.0 Å². The summed E-state index contributed by atoms with van der Waals surface area (Å²) in [5.41, 5.74) is 1.63. The number of carbonyl (C=O) groups excluding carboxylic acids is 2. The fraction of sp³-hybridized carbons (Fsp3) is 0.333. The van der Waals surface area contributed by atoms with Crippen molar-refractivity contribution in [1.82, 2.24) is 5.32 Å². The number of ether oxygens (including phenoxy) is 3. The molecule has 2 aromatic carbocycles. The van der Waals surface area contributed by atoms with Crippen molar-refractivity contribution in [3.8, 4) is 17.2 Å². The molecule has 1 N–H and O–H groups in total. The Balaban J connectivity index is 1.39. The zero-order valence-corrected chi connectivity index (χ0v) is 15.6. The lowest BCUT2D eigenvalue weighted by atomic mass is 10.1. The summed E-state index contributed by atoms with van der Waals surface area (Å²) >= 11 is 0. The van der Waals surface area contributed by atoms with Crippen molar-refractivity contribution in [3.05, 3.63) is 48.0 Å². The first-order valence-electron chi connectivity index (χ1n) is 9.34. The van der Waals surface area contributed by atoms with Crippen LogP contribution >= 0.6 is 0 Å². The van der Waals surface area contributed by atoms with Crippen molar-refractivity contribution in [2.24, 2.45) is 5.92 Å². The number of nitrogens with zero attached hydrogens (tertiary/aromatic N) is 1. The second-order valence-electron chi connectivity index (χ2n) is 6.71. The third-order valence-electron chi connectivity index (χ3n) is 4.86. The SMILES string of the molecule is CCOc1ccccc1N1CC(C(=O)NCc2ccc3c(c2)OCO3)CC1=O. The molecule has 0 spiro atoms. The minimum atomic E-state index is -0.392. The molecule has 2 heterocycles. The number of fused-ring (bicyclic) bond motifs is 1. The van der Waals surface area contributed by atoms with Gasteiger partial charge in [0.05, 0.1) is 18.2 Å². The minimum absolute atomic E-state index is 0.0737. The molecule has 2 amide bonds. The number of nitrogens with one attached hydrogen (secondary N) is 1. The van der Waals surface area contributed by atoms with Crippen molar-refractivity contribution in [1.29, 1.82) is 0 Å². The minimum Gasteiger partial charge on any atom is -0.492 e. The molecule has 2 aliphatic heterocycles. The van der Waals surface area contributed by atoms with Gasteiger partial charge in [0.1, 0.15) is 5.75 Å². The van der Waals surface area contributed by atoms with Crippen molar-refractivity contribution in [3.63, 3.8) is 0 Å². The van der Waals surface area contributed by atoms with Gasteiger partial charge in [-0.25, -0.2) is 0 Å². The zero-order valence-electron chi connectivity index (χ0n) is 15.6. The second kappa shape index (κ2) is 7.80. The molecule has 2 aromatic rings. The Morgan fingerprint density at radius 2 is 2.04 bits per heavy atom. The highest BCUT2D eigenvalue weighted by atomic mass is 16.7. The van der Waals surface area contributed by atoms with E-state index in [0.29, 0.717) is 42.6 Å². The lowest BCUT2D eigenvalue weighted by Crippen LogP contribution is -2.32. The predicted octanol–water partition coefficient (Wildman–Crippen LogP) is 2.48. The molecule has 0 aliphatic carbocycles. The van der Waals surface area contributed by atoms with Crippen LogP contribution in [-0.2, 0) is 16.1 Å². The van der Waals surface area contributed by atoms with Gasteiger partial charge in [-0.05, 0) is 36.8 Å². The number of para-hydroxylation sites is 2. The molecule has 0 bridgehead atoms. The molecule has 4 rings (SSSR count). The zero-order chi connectivity index (χ0) is 19.5. The average Bonchev–Trinajstić information content (AvgIpc) is 3.33. The number of hydrogen-bond acceptors (Lipinski definition) is 5. The molecule has 1 atom stereocenters. The topological polar surface area (TPSA) is 77.1 Å². The van der Waals surface area contributed by atoms with Gasteiger partial charge in [-0.3, -0.25) is 9.59 Å². The third-order valence-corrected chi connectivity index (χ3v) is 4.86. The molecule has 0 saturated carbocycles. The quantitative estimate of drug-likeness (QED) is 0.831. The van der Waals surface area contributed by atoms with Crippen LogP contribution in [-0.4, -0.2) is 31.8 Å². The Labute approximate surface area is 163 Å². The van der Waals surface area contributed by atoms with E-state index in [0.717, 1.165) is 5.56 Å². The molecule has 28 heavy (non-hydrogen) atoms. The van der Waals surface area contributed by atoms with E-state index in [4.69, 9.17) is 14.2 Å². The van der Waals surface area contributed by atoms with Crippen LogP contribution in [0.1, 0.15) is 18.9 Å².